The normalized spacial score (nSPS) is 21.3. The third kappa shape index (κ3) is 5.20. The average Bonchev–Trinajstić information content (AvgIpc) is 3.59. The van der Waals surface area contributed by atoms with E-state index in [0.717, 1.165) is 36.8 Å². The summed E-state index contributed by atoms with van der Waals surface area (Å²) in [4.78, 5) is 28.1. The van der Waals surface area contributed by atoms with Crippen LogP contribution in [0.25, 0.3) is 11.1 Å². The van der Waals surface area contributed by atoms with E-state index in [4.69, 9.17) is 15.0 Å². The SMILES string of the molecule is N#Cc1ccc(-c2cncc(C(=O)N[C@@H]3CCCC[C@H]3OOCC3CC3)c2)cc1. The molecule has 1 amide bonds. The van der Waals surface area contributed by atoms with Gasteiger partial charge in [0.15, 0.2) is 0 Å². The first-order chi connectivity index (χ1) is 14.2. The van der Waals surface area contributed by atoms with E-state index in [1.807, 2.05) is 18.2 Å². The number of benzene rings is 1. The van der Waals surface area contributed by atoms with Crippen LogP contribution in [0.3, 0.4) is 0 Å². The minimum Gasteiger partial charge on any atom is -0.347 e. The van der Waals surface area contributed by atoms with Gasteiger partial charge in [0, 0.05) is 18.0 Å². The Hall–Kier alpha value is -2.75. The lowest BCUT2D eigenvalue weighted by molar-refractivity contribution is -0.334. The van der Waals surface area contributed by atoms with Gasteiger partial charge in [-0.05, 0) is 55.4 Å². The summed E-state index contributed by atoms with van der Waals surface area (Å²) in [5.41, 5.74) is 2.86. The van der Waals surface area contributed by atoms with Gasteiger partial charge in [-0.3, -0.25) is 9.78 Å². The molecule has 2 saturated carbocycles. The predicted octanol–water partition coefficient (Wildman–Crippen LogP) is 4.02. The van der Waals surface area contributed by atoms with Gasteiger partial charge < -0.3 is 5.32 Å². The molecule has 6 nitrogen and oxygen atoms in total. The van der Waals surface area contributed by atoms with Crippen LogP contribution in [0.5, 0.6) is 0 Å². The highest BCUT2D eigenvalue weighted by Gasteiger charge is 2.30. The van der Waals surface area contributed by atoms with E-state index < -0.39 is 0 Å². The van der Waals surface area contributed by atoms with Crippen molar-refractivity contribution in [1.82, 2.24) is 10.3 Å². The molecule has 1 aromatic heterocycles. The number of pyridine rings is 1. The first-order valence-corrected chi connectivity index (χ1v) is 10.3. The van der Waals surface area contributed by atoms with Crippen LogP contribution < -0.4 is 5.32 Å². The fourth-order valence-electron chi connectivity index (χ4n) is 3.60. The number of hydrogen-bond acceptors (Lipinski definition) is 5. The highest BCUT2D eigenvalue weighted by atomic mass is 17.2. The van der Waals surface area contributed by atoms with Gasteiger partial charge in [0.25, 0.3) is 5.91 Å². The van der Waals surface area contributed by atoms with Gasteiger partial charge >= 0.3 is 0 Å². The Morgan fingerprint density at radius 1 is 1.10 bits per heavy atom. The smallest absolute Gasteiger partial charge is 0.253 e. The molecular formula is C23H25N3O3. The summed E-state index contributed by atoms with van der Waals surface area (Å²) in [6.45, 7) is 0.647. The molecule has 0 radical (unpaired) electrons. The molecular weight excluding hydrogens is 366 g/mol. The maximum absolute atomic E-state index is 12.8. The summed E-state index contributed by atoms with van der Waals surface area (Å²) in [6, 6.07) is 11.1. The second-order valence-corrected chi connectivity index (χ2v) is 7.88. The third-order valence-corrected chi connectivity index (χ3v) is 5.56. The van der Waals surface area contributed by atoms with Crippen LogP contribution in [0.15, 0.2) is 42.7 Å². The van der Waals surface area contributed by atoms with E-state index in [2.05, 4.69) is 16.4 Å². The Balaban J connectivity index is 1.40. The van der Waals surface area contributed by atoms with Gasteiger partial charge in [0.1, 0.15) is 6.10 Å². The lowest BCUT2D eigenvalue weighted by Crippen LogP contribution is -2.46. The second kappa shape index (κ2) is 9.17. The number of nitrogens with one attached hydrogen (secondary N) is 1. The van der Waals surface area contributed by atoms with Crippen LogP contribution in [-0.2, 0) is 9.78 Å². The summed E-state index contributed by atoms with van der Waals surface area (Å²) in [5, 5.41) is 12.1. The highest BCUT2D eigenvalue weighted by molar-refractivity contribution is 5.95. The quantitative estimate of drug-likeness (QED) is 0.569. The van der Waals surface area contributed by atoms with Crippen molar-refractivity contribution in [2.24, 2.45) is 5.92 Å². The Bertz CT molecular complexity index is 887. The number of amides is 1. The number of hydrogen-bond donors (Lipinski definition) is 1. The molecule has 2 fully saturated rings. The van der Waals surface area contributed by atoms with Gasteiger partial charge in [-0.2, -0.15) is 5.26 Å². The molecule has 2 aliphatic carbocycles. The standard InChI is InChI=1S/C23H25N3O3/c24-12-16-7-9-18(10-8-16)19-11-20(14-25-13-19)23(27)26-21-3-1-2-4-22(21)29-28-15-17-5-6-17/h7-11,13-14,17,21-22H,1-6,15H2,(H,26,27)/t21-,22-/m1/s1. The molecule has 4 rings (SSSR count). The molecule has 29 heavy (non-hydrogen) atoms. The molecule has 0 aliphatic heterocycles. The summed E-state index contributed by atoms with van der Waals surface area (Å²) in [5.74, 6) is 0.485. The number of carbonyl (C=O) groups excluding carboxylic acids is 1. The summed E-state index contributed by atoms with van der Waals surface area (Å²) < 4.78 is 0. The summed E-state index contributed by atoms with van der Waals surface area (Å²) in [6.07, 6.45) is 9.54. The van der Waals surface area contributed by atoms with Crippen LogP contribution in [0, 0.1) is 17.2 Å². The molecule has 2 aromatic rings. The van der Waals surface area contributed by atoms with E-state index in [-0.39, 0.29) is 18.1 Å². The molecule has 6 heteroatoms. The maximum atomic E-state index is 12.8. The number of aromatic nitrogens is 1. The van der Waals surface area contributed by atoms with E-state index in [1.165, 1.54) is 12.8 Å². The lowest BCUT2D eigenvalue weighted by atomic mass is 9.92. The van der Waals surface area contributed by atoms with Crippen molar-refractivity contribution in [2.45, 2.75) is 50.7 Å². The molecule has 0 unspecified atom stereocenters. The van der Waals surface area contributed by atoms with Crippen molar-refractivity contribution in [2.75, 3.05) is 6.61 Å². The molecule has 2 aliphatic rings. The number of carbonyl (C=O) groups is 1. The van der Waals surface area contributed by atoms with E-state index >= 15 is 0 Å². The van der Waals surface area contributed by atoms with Gasteiger partial charge in [-0.15, -0.1) is 0 Å². The minimum atomic E-state index is -0.157. The monoisotopic (exact) mass is 391 g/mol. The number of nitrogens with zero attached hydrogens (tertiary/aromatic N) is 2. The van der Waals surface area contributed by atoms with Gasteiger partial charge in [0.2, 0.25) is 0 Å². The third-order valence-electron chi connectivity index (χ3n) is 5.56. The van der Waals surface area contributed by atoms with Crippen LogP contribution in [0.4, 0.5) is 0 Å². The Morgan fingerprint density at radius 2 is 1.90 bits per heavy atom. The Morgan fingerprint density at radius 3 is 2.66 bits per heavy atom. The van der Waals surface area contributed by atoms with Crippen LogP contribution in [-0.4, -0.2) is 29.6 Å². The summed E-state index contributed by atoms with van der Waals surface area (Å²) in [7, 11) is 0. The number of nitriles is 1. The first-order valence-electron chi connectivity index (χ1n) is 10.3. The van der Waals surface area contributed by atoms with E-state index in [1.54, 1.807) is 24.5 Å². The fourth-order valence-corrected chi connectivity index (χ4v) is 3.60. The van der Waals surface area contributed by atoms with Crippen molar-refractivity contribution in [1.29, 1.82) is 5.26 Å². The predicted molar refractivity (Wildman–Crippen MR) is 108 cm³/mol. The molecule has 1 heterocycles. The van der Waals surface area contributed by atoms with Crippen molar-refractivity contribution >= 4 is 5.91 Å². The van der Waals surface area contributed by atoms with Crippen LogP contribution in [0.1, 0.15) is 54.4 Å². The van der Waals surface area contributed by atoms with Crippen molar-refractivity contribution in [3.05, 3.63) is 53.9 Å². The van der Waals surface area contributed by atoms with Crippen LogP contribution >= 0.6 is 0 Å². The number of rotatable bonds is 7. The average molecular weight is 391 g/mol. The van der Waals surface area contributed by atoms with E-state index in [9.17, 15) is 4.79 Å². The maximum Gasteiger partial charge on any atom is 0.253 e. The van der Waals surface area contributed by atoms with Gasteiger partial charge in [-0.1, -0.05) is 25.0 Å². The first kappa shape index (κ1) is 19.6. The fraction of sp³-hybridized carbons (Fsp3) is 0.435. The van der Waals surface area contributed by atoms with Crippen molar-refractivity contribution < 1.29 is 14.6 Å². The minimum absolute atomic E-state index is 0.0611. The molecule has 0 saturated heterocycles. The highest BCUT2D eigenvalue weighted by Crippen LogP contribution is 2.30. The zero-order valence-electron chi connectivity index (χ0n) is 16.3. The lowest BCUT2D eigenvalue weighted by Gasteiger charge is -2.31. The van der Waals surface area contributed by atoms with E-state index in [0.29, 0.717) is 23.7 Å². The molecule has 0 spiro atoms. The second-order valence-electron chi connectivity index (χ2n) is 7.88. The van der Waals surface area contributed by atoms with Crippen molar-refractivity contribution in [3.8, 4) is 17.2 Å². The molecule has 1 N–H and O–H groups in total. The Labute approximate surface area is 170 Å². The summed E-state index contributed by atoms with van der Waals surface area (Å²) >= 11 is 0. The molecule has 1 aromatic carbocycles. The molecule has 2 atom stereocenters. The molecule has 150 valence electrons. The van der Waals surface area contributed by atoms with Crippen molar-refractivity contribution in [3.63, 3.8) is 0 Å². The molecule has 0 bridgehead atoms. The zero-order valence-corrected chi connectivity index (χ0v) is 16.3. The van der Waals surface area contributed by atoms with Gasteiger partial charge in [-0.25, -0.2) is 9.78 Å². The largest absolute Gasteiger partial charge is 0.347 e. The zero-order chi connectivity index (χ0) is 20.1. The van der Waals surface area contributed by atoms with Gasteiger partial charge in [0.05, 0.1) is 29.8 Å². The Kier molecular flexibility index (Phi) is 6.18. The van der Waals surface area contributed by atoms with Crippen LogP contribution in [0.2, 0.25) is 0 Å². The topological polar surface area (TPSA) is 84.2 Å².